The quantitative estimate of drug-likeness (QED) is 0.665. The van der Waals surface area contributed by atoms with E-state index in [9.17, 15) is 9.59 Å². The summed E-state index contributed by atoms with van der Waals surface area (Å²) in [6.45, 7) is 4.35. The lowest BCUT2D eigenvalue weighted by atomic mass is 9.46. The van der Waals surface area contributed by atoms with Crippen LogP contribution in [-0.4, -0.2) is 42.6 Å². The lowest BCUT2D eigenvalue weighted by Gasteiger charge is -2.61. The molecule has 146 valence electrons. The number of alkyl halides is 1. The maximum atomic E-state index is 15.8. The molecule has 1 heterocycles. The number of rotatable bonds is 1. The number of carbonyl (C=O) groups is 2. The molecule has 4 rings (SSSR count). The van der Waals surface area contributed by atoms with Gasteiger partial charge in [-0.1, -0.05) is 13.8 Å². The fourth-order valence-electron chi connectivity index (χ4n) is 7.63. The van der Waals surface area contributed by atoms with E-state index in [1.807, 2.05) is 18.9 Å². The van der Waals surface area contributed by atoms with Crippen LogP contribution in [0.2, 0.25) is 0 Å². The zero-order valence-corrected chi connectivity index (χ0v) is 16.5. The topological polar surface area (TPSA) is 46.6 Å². The van der Waals surface area contributed by atoms with E-state index in [-0.39, 0.29) is 17.2 Å². The van der Waals surface area contributed by atoms with Crippen molar-refractivity contribution in [3.8, 4) is 0 Å². The summed E-state index contributed by atoms with van der Waals surface area (Å²) < 4.78 is 20.7. The Bertz CT molecular complexity index is 639. The molecule has 0 aromatic rings. The Morgan fingerprint density at radius 3 is 2.50 bits per heavy atom. The number of piperidine rings is 1. The second-order valence-corrected chi connectivity index (χ2v) is 9.77. The number of methoxy groups -OCH3 is 1. The van der Waals surface area contributed by atoms with E-state index in [1.165, 1.54) is 7.11 Å². The Balaban J connectivity index is 1.66. The highest BCUT2D eigenvalue weighted by atomic mass is 19.1. The standard InChI is InChI=1S/C21H32FNO3/c1-19-10-9-17(24)23(3)16(19)6-5-13-14(19)7-11-20(2)15(13)8-12-21(20,22)18(25)26-4/h13-16H,5-12H2,1-4H3/t13-,14-,15+,16?,19-,20+,21?/m1/s1. The first-order chi connectivity index (χ1) is 12.2. The average Bonchev–Trinajstić information content (AvgIpc) is 2.90. The van der Waals surface area contributed by atoms with Gasteiger partial charge >= 0.3 is 5.97 Å². The zero-order chi connectivity index (χ0) is 18.9. The van der Waals surface area contributed by atoms with Crippen LogP contribution in [-0.2, 0) is 14.3 Å². The fraction of sp³-hybridized carbons (Fsp3) is 0.905. The first kappa shape index (κ1) is 18.2. The smallest absolute Gasteiger partial charge is 0.344 e. The van der Waals surface area contributed by atoms with Crippen molar-refractivity contribution in [1.29, 1.82) is 0 Å². The molecular weight excluding hydrogens is 333 g/mol. The van der Waals surface area contributed by atoms with Gasteiger partial charge in [0.05, 0.1) is 7.11 Å². The van der Waals surface area contributed by atoms with E-state index < -0.39 is 17.1 Å². The highest BCUT2D eigenvalue weighted by molar-refractivity contribution is 5.81. The predicted octanol–water partition coefficient (Wildman–Crippen LogP) is 3.73. The molecule has 0 N–H and O–H groups in total. The van der Waals surface area contributed by atoms with Gasteiger partial charge in [0.15, 0.2) is 0 Å². The van der Waals surface area contributed by atoms with E-state index >= 15 is 4.39 Å². The number of likely N-dealkylation sites (tertiary alicyclic amines) is 1. The van der Waals surface area contributed by atoms with Crippen molar-refractivity contribution in [2.45, 2.75) is 76.9 Å². The molecule has 3 saturated carbocycles. The lowest BCUT2D eigenvalue weighted by Crippen LogP contribution is -2.62. The van der Waals surface area contributed by atoms with Gasteiger partial charge in [-0.15, -0.1) is 0 Å². The molecule has 26 heavy (non-hydrogen) atoms. The van der Waals surface area contributed by atoms with Gasteiger partial charge in [0.2, 0.25) is 11.6 Å². The van der Waals surface area contributed by atoms with Crippen molar-refractivity contribution in [2.75, 3.05) is 14.2 Å². The first-order valence-corrected chi connectivity index (χ1v) is 10.2. The Kier molecular flexibility index (Phi) is 3.99. The maximum Gasteiger partial charge on any atom is 0.344 e. The van der Waals surface area contributed by atoms with E-state index in [0.717, 1.165) is 38.5 Å². The molecule has 0 bridgehead atoms. The summed E-state index contributed by atoms with van der Waals surface area (Å²) in [5.74, 6) is 0.810. The van der Waals surface area contributed by atoms with Crippen molar-refractivity contribution in [3.05, 3.63) is 0 Å². The molecule has 0 aromatic carbocycles. The molecule has 0 spiro atoms. The summed E-state index contributed by atoms with van der Waals surface area (Å²) in [6, 6.07) is 0.312. The number of fused-ring (bicyclic) bond motifs is 5. The molecule has 7 atom stereocenters. The minimum atomic E-state index is -1.84. The van der Waals surface area contributed by atoms with Crippen molar-refractivity contribution in [2.24, 2.45) is 28.6 Å². The molecule has 1 saturated heterocycles. The van der Waals surface area contributed by atoms with Gasteiger partial charge in [0, 0.05) is 24.9 Å². The van der Waals surface area contributed by atoms with E-state index in [2.05, 4.69) is 6.92 Å². The van der Waals surface area contributed by atoms with Gasteiger partial charge in [-0.2, -0.15) is 0 Å². The molecule has 1 amide bonds. The van der Waals surface area contributed by atoms with E-state index in [1.54, 1.807) is 0 Å². The van der Waals surface area contributed by atoms with Crippen molar-refractivity contribution in [1.82, 2.24) is 4.90 Å². The molecule has 1 aliphatic heterocycles. The highest BCUT2D eigenvalue weighted by Gasteiger charge is 2.69. The maximum absolute atomic E-state index is 15.8. The molecular formula is C21H32FNO3. The van der Waals surface area contributed by atoms with Crippen molar-refractivity contribution >= 4 is 11.9 Å². The number of esters is 1. The molecule has 4 nitrogen and oxygen atoms in total. The molecule has 0 radical (unpaired) electrons. The third-order valence-corrected chi connectivity index (χ3v) is 9.16. The third-order valence-electron chi connectivity index (χ3n) is 9.16. The van der Waals surface area contributed by atoms with Crippen LogP contribution in [0.1, 0.15) is 65.2 Å². The number of nitrogens with zero attached hydrogens (tertiary/aromatic N) is 1. The summed E-state index contributed by atoms with van der Waals surface area (Å²) in [5, 5.41) is 0. The van der Waals surface area contributed by atoms with E-state index in [0.29, 0.717) is 30.7 Å². The average molecular weight is 365 g/mol. The van der Waals surface area contributed by atoms with Crippen molar-refractivity contribution < 1.29 is 18.7 Å². The van der Waals surface area contributed by atoms with Crippen LogP contribution in [0, 0.1) is 28.6 Å². The van der Waals surface area contributed by atoms with Gasteiger partial charge in [-0.25, -0.2) is 9.18 Å². The molecule has 5 heteroatoms. The number of ether oxygens (including phenoxy) is 1. The molecule has 4 fully saturated rings. The van der Waals surface area contributed by atoms with Gasteiger partial charge in [0.25, 0.3) is 0 Å². The second kappa shape index (κ2) is 5.68. The number of halogens is 1. The number of hydrogen-bond donors (Lipinski definition) is 0. The lowest BCUT2D eigenvalue weighted by molar-refractivity contribution is -0.178. The molecule has 2 unspecified atom stereocenters. The van der Waals surface area contributed by atoms with Gasteiger partial charge in [0.1, 0.15) is 0 Å². The summed E-state index contributed by atoms with van der Waals surface area (Å²) >= 11 is 0. The largest absolute Gasteiger partial charge is 0.467 e. The van der Waals surface area contributed by atoms with Crippen LogP contribution in [0.4, 0.5) is 4.39 Å². The fourth-order valence-corrected chi connectivity index (χ4v) is 7.63. The van der Waals surface area contributed by atoms with Crippen LogP contribution in [0.25, 0.3) is 0 Å². The molecule has 4 aliphatic rings. The summed E-state index contributed by atoms with van der Waals surface area (Å²) in [5.41, 5.74) is -2.32. The van der Waals surface area contributed by atoms with Crippen molar-refractivity contribution in [3.63, 3.8) is 0 Å². The molecule has 3 aliphatic carbocycles. The van der Waals surface area contributed by atoms with Crippen LogP contribution in [0.15, 0.2) is 0 Å². The zero-order valence-electron chi connectivity index (χ0n) is 16.5. The summed E-state index contributed by atoms with van der Waals surface area (Å²) in [6.07, 6.45) is 6.39. The Morgan fingerprint density at radius 2 is 1.81 bits per heavy atom. The highest BCUT2D eigenvalue weighted by Crippen LogP contribution is 2.68. The minimum Gasteiger partial charge on any atom is -0.467 e. The van der Waals surface area contributed by atoms with E-state index in [4.69, 9.17) is 4.74 Å². The first-order valence-electron chi connectivity index (χ1n) is 10.2. The van der Waals surface area contributed by atoms with Gasteiger partial charge < -0.3 is 9.64 Å². The van der Waals surface area contributed by atoms with Gasteiger partial charge in [-0.05, 0) is 68.1 Å². The Morgan fingerprint density at radius 1 is 1.12 bits per heavy atom. The second-order valence-electron chi connectivity index (χ2n) is 9.77. The van der Waals surface area contributed by atoms with Crippen LogP contribution in [0.5, 0.6) is 0 Å². The minimum absolute atomic E-state index is 0.125. The summed E-state index contributed by atoms with van der Waals surface area (Å²) in [7, 11) is 3.25. The van der Waals surface area contributed by atoms with Crippen LogP contribution >= 0.6 is 0 Å². The van der Waals surface area contributed by atoms with Crippen LogP contribution in [0.3, 0.4) is 0 Å². The molecule has 0 aromatic heterocycles. The predicted molar refractivity (Wildman–Crippen MR) is 96.0 cm³/mol. The number of amides is 1. The normalized spacial score (nSPS) is 50.7. The Labute approximate surface area is 155 Å². The number of hydrogen-bond acceptors (Lipinski definition) is 3. The monoisotopic (exact) mass is 365 g/mol. The van der Waals surface area contributed by atoms with Crippen LogP contribution < -0.4 is 0 Å². The summed E-state index contributed by atoms with van der Waals surface area (Å²) in [4.78, 5) is 26.5. The van der Waals surface area contributed by atoms with Gasteiger partial charge in [-0.3, -0.25) is 4.79 Å². The number of carbonyl (C=O) groups excluding carboxylic acids is 2. The third kappa shape index (κ3) is 2.06. The Hall–Kier alpha value is -1.13. The SMILES string of the molecule is COC(=O)C1(F)CC[C@H]2[C@@H]3CCC4N(C)C(=O)CC[C@]4(C)[C@@H]3CC[C@@]21C.